The van der Waals surface area contributed by atoms with Crippen LogP contribution in [0.4, 0.5) is 39.8 Å². The number of imidazole rings is 2. The molecule has 11 rings (SSSR count). The van der Waals surface area contributed by atoms with Crippen molar-refractivity contribution in [3.05, 3.63) is 187 Å². The van der Waals surface area contributed by atoms with E-state index in [1.807, 2.05) is 6.07 Å². The molecule has 0 N–H and O–H groups in total. The van der Waals surface area contributed by atoms with Gasteiger partial charge in [-0.05, 0) is 83.9 Å². The number of fused-ring (bicyclic) bond motifs is 9. The maximum absolute atomic E-state index is 4.68. The van der Waals surface area contributed by atoms with Gasteiger partial charge in [-0.15, -0.1) is 0 Å². The molecule has 0 saturated carbocycles. The summed E-state index contributed by atoms with van der Waals surface area (Å²) in [5, 5.41) is 0. The molecule has 9 aromatic rings. The van der Waals surface area contributed by atoms with Crippen LogP contribution in [-0.2, 0) is 12.5 Å². The first-order valence-electron chi connectivity index (χ1n) is 18.8. The average Bonchev–Trinajstić information content (AvgIpc) is 3.76. The Bertz CT molecular complexity index is 2710. The highest BCUT2D eigenvalue weighted by atomic mass is 15.3. The third-order valence-corrected chi connectivity index (χ3v) is 11.2. The summed E-state index contributed by atoms with van der Waals surface area (Å²) in [6, 6.07) is 61.6. The number of nitrogens with zero attached hydrogens (tertiary/aromatic N) is 6. The van der Waals surface area contributed by atoms with Crippen molar-refractivity contribution in [1.29, 1.82) is 0 Å². The van der Waals surface area contributed by atoms with Crippen molar-refractivity contribution in [1.82, 2.24) is 14.0 Å². The normalized spacial score (nSPS) is 13.6. The SMILES string of the molecule is CN1c2ccccc2C(C)(C)c2ccccc21.CN1c2ccccc2N(c2ccccc2)c2ccccc21.Cn1c2ccccc2n2c3ccccc3nc12. The van der Waals surface area contributed by atoms with Gasteiger partial charge in [0, 0.05) is 43.6 Å². The topological polar surface area (TPSA) is 32.0 Å². The molecule has 2 aliphatic rings. The van der Waals surface area contributed by atoms with Crippen LogP contribution in [0, 0.1) is 0 Å². The van der Waals surface area contributed by atoms with Gasteiger partial charge < -0.3 is 19.3 Å². The second-order valence-corrected chi connectivity index (χ2v) is 14.7. The zero-order chi connectivity index (χ0) is 37.7. The van der Waals surface area contributed by atoms with E-state index in [9.17, 15) is 0 Å². The molecule has 6 nitrogen and oxygen atoms in total. The van der Waals surface area contributed by atoms with Crippen molar-refractivity contribution in [3.63, 3.8) is 0 Å². The quantitative estimate of drug-likeness (QED) is 0.169. The average molecular weight is 717 g/mol. The fourth-order valence-corrected chi connectivity index (χ4v) is 8.37. The van der Waals surface area contributed by atoms with Crippen molar-refractivity contribution in [2.45, 2.75) is 19.3 Å². The van der Waals surface area contributed by atoms with Crippen molar-refractivity contribution >= 4 is 67.7 Å². The molecule has 0 aliphatic carbocycles. The zero-order valence-electron chi connectivity index (χ0n) is 31.9. The highest BCUT2D eigenvalue weighted by molar-refractivity contribution is 5.97. The van der Waals surface area contributed by atoms with E-state index in [-0.39, 0.29) is 5.41 Å². The molecular formula is C49H44N6. The van der Waals surface area contributed by atoms with Crippen LogP contribution in [-0.4, -0.2) is 28.0 Å². The number of hydrogen-bond donors (Lipinski definition) is 0. The standard InChI is InChI=1S/C19H16N2.C16H17N.C14H11N3/c1-20-16-11-5-7-13-18(16)21(15-9-3-2-4-10-15)19-14-8-6-12-17(19)20;1-16(2)12-8-4-6-10-14(12)17(3)15-11-7-5-9-13(15)16;1-16-12-8-4-5-9-13(12)17-11-7-3-2-6-10(11)15-14(16)17/h2-14H,1H3;4-11H,1-3H3;2-9H,1H3. The summed E-state index contributed by atoms with van der Waals surface area (Å²) in [5.41, 5.74) is 16.2. The Kier molecular flexibility index (Phi) is 8.39. The number of aryl methyl sites for hydroxylation is 1. The smallest absolute Gasteiger partial charge is 0.215 e. The van der Waals surface area contributed by atoms with Crippen LogP contribution in [0.3, 0.4) is 0 Å². The Hall–Kier alpha value is -6.79. The van der Waals surface area contributed by atoms with Gasteiger partial charge in [-0.3, -0.25) is 4.40 Å². The predicted molar refractivity (Wildman–Crippen MR) is 231 cm³/mol. The lowest BCUT2D eigenvalue weighted by molar-refractivity contribution is 0.629. The van der Waals surface area contributed by atoms with Crippen molar-refractivity contribution in [2.24, 2.45) is 7.05 Å². The molecule has 0 unspecified atom stereocenters. The predicted octanol–water partition coefficient (Wildman–Crippen LogP) is 12.3. The third-order valence-electron chi connectivity index (χ3n) is 11.2. The summed E-state index contributed by atoms with van der Waals surface area (Å²) in [6.45, 7) is 4.61. The van der Waals surface area contributed by atoms with E-state index in [2.05, 4.69) is 234 Å². The van der Waals surface area contributed by atoms with Crippen molar-refractivity contribution in [2.75, 3.05) is 28.8 Å². The Morgan fingerprint density at radius 1 is 0.400 bits per heavy atom. The second kappa shape index (κ2) is 13.6. The molecule has 2 aromatic heterocycles. The Morgan fingerprint density at radius 3 is 1.40 bits per heavy atom. The molecule has 6 heteroatoms. The van der Waals surface area contributed by atoms with E-state index in [1.54, 1.807) is 0 Å². The van der Waals surface area contributed by atoms with Crippen LogP contribution in [0.2, 0.25) is 0 Å². The van der Waals surface area contributed by atoms with E-state index in [0.717, 1.165) is 11.3 Å². The monoisotopic (exact) mass is 716 g/mol. The highest BCUT2D eigenvalue weighted by Gasteiger charge is 2.34. The van der Waals surface area contributed by atoms with E-state index < -0.39 is 0 Å². The van der Waals surface area contributed by atoms with E-state index in [1.165, 1.54) is 67.5 Å². The van der Waals surface area contributed by atoms with Crippen LogP contribution < -0.4 is 14.7 Å². The largest absolute Gasteiger partial charge is 0.344 e. The Balaban J connectivity index is 0.000000109. The first kappa shape index (κ1) is 34.0. The van der Waals surface area contributed by atoms with Crippen LogP contribution in [0.25, 0.3) is 27.8 Å². The van der Waals surface area contributed by atoms with E-state index in [4.69, 9.17) is 0 Å². The Labute approximate surface area is 322 Å². The fraction of sp³-hybridized carbons (Fsp3) is 0.122. The first-order valence-corrected chi connectivity index (χ1v) is 18.8. The number of aromatic nitrogens is 3. The van der Waals surface area contributed by atoms with Gasteiger partial charge in [0.15, 0.2) is 0 Å². The molecule has 7 aromatic carbocycles. The third kappa shape index (κ3) is 5.60. The molecule has 0 saturated heterocycles. The molecule has 0 fully saturated rings. The molecule has 0 spiro atoms. The van der Waals surface area contributed by atoms with Gasteiger partial charge in [-0.1, -0.05) is 117 Å². The van der Waals surface area contributed by atoms with Gasteiger partial charge in [0.25, 0.3) is 0 Å². The molecule has 0 atom stereocenters. The summed E-state index contributed by atoms with van der Waals surface area (Å²) < 4.78 is 4.35. The van der Waals surface area contributed by atoms with E-state index >= 15 is 0 Å². The Morgan fingerprint density at radius 2 is 0.818 bits per heavy atom. The maximum atomic E-state index is 4.68. The number of benzene rings is 7. The van der Waals surface area contributed by atoms with Gasteiger partial charge >= 0.3 is 0 Å². The van der Waals surface area contributed by atoms with Gasteiger partial charge in [0.2, 0.25) is 5.78 Å². The molecular weight excluding hydrogens is 673 g/mol. The zero-order valence-corrected chi connectivity index (χ0v) is 31.9. The lowest BCUT2D eigenvalue weighted by Crippen LogP contribution is -2.30. The summed E-state index contributed by atoms with van der Waals surface area (Å²) >= 11 is 0. The summed E-state index contributed by atoms with van der Waals surface area (Å²) in [4.78, 5) is 11.5. The van der Waals surface area contributed by atoms with Crippen LogP contribution >= 0.6 is 0 Å². The first-order chi connectivity index (χ1) is 26.8. The van der Waals surface area contributed by atoms with Crippen LogP contribution in [0.15, 0.2) is 176 Å². The molecule has 0 radical (unpaired) electrons. The fourth-order valence-electron chi connectivity index (χ4n) is 8.37. The number of anilines is 7. The number of para-hydroxylation sites is 11. The van der Waals surface area contributed by atoms with Gasteiger partial charge in [0.05, 0.1) is 44.8 Å². The summed E-state index contributed by atoms with van der Waals surface area (Å²) in [7, 11) is 6.33. The number of rotatable bonds is 1. The molecule has 4 heterocycles. The van der Waals surface area contributed by atoms with Crippen molar-refractivity contribution in [3.8, 4) is 0 Å². The van der Waals surface area contributed by atoms with Crippen LogP contribution in [0.5, 0.6) is 0 Å². The second-order valence-electron chi connectivity index (χ2n) is 14.7. The molecule has 270 valence electrons. The maximum Gasteiger partial charge on any atom is 0.215 e. The van der Waals surface area contributed by atoms with E-state index in [0.29, 0.717) is 0 Å². The minimum atomic E-state index is 0.0830. The summed E-state index contributed by atoms with van der Waals surface area (Å²) in [6.07, 6.45) is 0. The molecule has 0 bridgehead atoms. The minimum absolute atomic E-state index is 0.0830. The summed E-state index contributed by atoms with van der Waals surface area (Å²) in [5.74, 6) is 0.993. The molecule has 55 heavy (non-hydrogen) atoms. The van der Waals surface area contributed by atoms with Gasteiger partial charge in [-0.2, -0.15) is 0 Å². The lowest BCUT2D eigenvalue weighted by atomic mass is 9.74. The highest BCUT2D eigenvalue weighted by Crippen LogP contribution is 2.50. The van der Waals surface area contributed by atoms with Gasteiger partial charge in [-0.25, -0.2) is 4.98 Å². The number of hydrogen-bond acceptors (Lipinski definition) is 4. The molecule has 2 aliphatic heterocycles. The van der Waals surface area contributed by atoms with Crippen LogP contribution in [0.1, 0.15) is 25.0 Å². The molecule has 0 amide bonds. The van der Waals surface area contributed by atoms with Gasteiger partial charge in [0.1, 0.15) is 0 Å². The van der Waals surface area contributed by atoms with Crippen molar-refractivity contribution < 1.29 is 0 Å². The lowest BCUT2D eigenvalue weighted by Gasteiger charge is -2.40. The minimum Gasteiger partial charge on any atom is -0.344 e.